The molecule has 0 saturated carbocycles. The lowest BCUT2D eigenvalue weighted by molar-refractivity contribution is -0.0940. The number of aliphatic hydroxyl groups excluding tert-OH is 3. The standard InChI is InChI=1S/C36H87N6O37P7/c1-60-80(46,47)76-29-36(26-61-8-2-11-67-81(48,49)70-17-20-73-84(54,55)77-33(23-43)5-14-64-30-40-37,27-62-9-3-12-68-82(50,51)71-18-21-74-85(56,57)78-34(24-44)6-15-65-31-41-38)28-63-10-4-13-69-83(52,53)72-19-22-75-86(58,59)79-35(25-45)7-16-66-32-42-39/h33-35,40-45H,2-32,37-39H2,1H3,(H,46,47)(H,48,49)(H,50,51)(H,52,53)(H,54,55)(H,56,57)(H,58,59). The first-order valence-electron chi connectivity index (χ1n) is 25.4. The van der Waals surface area contributed by atoms with Crippen LogP contribution >= 0.6 is 54.8 Å². The van der Waals surface area contributed by atoms with Crippen LogP contribution in [0, 0.1) is 5.41 Å². The van der Waals surface area contributed by atoms with Crippen molar-refractivity contribution in [2.75, 3.05) is 173 Å². The maximum Gasteiger partial charge on any atom is 0.472 e. The lowest BCUT2D eigenvalue weighted by atomic mass is 9.92. The zero-order valence-corrected chi connectivity index (χ0v) is 53.3. The second-order valence-electron chi connectivity index (χ2n) is 16.8. The van der Waals surface area contributed by atoms with Gasteiger partial charge in [0.15, 0.2) is 0 Å². The van der Waals surface area contributed by atoms with Crippen LogP contribution < -0.4 is 33.8 Å². The minimum Gasteiger partial charge on any atom is -0.394 e. The number of nitrogens with one attached hydrogen (secondary N) is 3. The van der Waals surface area contributed by atoms with Gasteiger partial charge in [0, 0.05) is 26.9 Å². The summed E-state index contributed by atoms with van der Waals surface area (Å²) in [6.07, 6.45) is -3.96. The molecule has 0 aromatic heterocycles. The molecule has 0 spiro atoms. The van der Waals surface area contributed by atoms with Gasteiger partial charge in [-0.2, -0.15) is 0 Å². The van der Waals surface area contributed by atoms with Gasteiger partial charge < -0.3 is 78.0 Å². The molecule has 0 aliphatic carbocycles. The van der Waals surface area contributed by atoms with E-state index in [0.717, 1.165) is 7.11 Å². The van der Waals surface area contributed by atoms with E-state index in [0.29, 0.717) is 0 Å². The quantitative estimate of drug-likeness (QED) is 0.0106. The number of phosphoric ester groups is 7. The maximum atomic E-state index is 12.5. The van der Waals surface area contributed by atoms with Gasteiger partial charge in [0.1, 0.15) is 20.2 Å². The van der Waals surface area contributed by atoms with E-state index in [2.05, 4.69) is 20.8 Å². The fourth-order valence-electron chi connectivity index (χ4n) is 5.66. The van der Waals surface area contributed by atoms with E-state index in [1.54, 1.807) is 0 Å². The maximum absolute atomic E-state index is 12.5. The summed E-state index contributed by atoms with van der Waals surface area (Å²) < 4.78 is 186. The molecular formula is C36H87N6O37P7. The summed E-state index contributed by atoms with van der Waals surface area (Å²) in [4.78, 5) is 70.3. The highest BCUT2D eigenvalue weighted by Gasteiger charge is 2.37. The van der Waals surface area contributed by atoms with Crippen molar-refractivity contribution in [1.82, 2.24) is 16.3 Å². The Hall–Kier alpha value is 0.170. The molecular weight excluding hydrogens is 1330 g/mol. The Morgan fingerprint density at radius 2 is 0.593 bits per heavy atom. The van der Waals surface area contributed by atoms with Crippen molar-refractivity contribution in [1.29, 1.82) is 0 Å². The minimum absolute atomic E-state index is 0.0129. The van der Waals surface area contributed by atoms with Crippen molar-refractivity contribution in [3.63, 3.8) is 0 Å². The van der Waals surface area contributed by atoms with Gasteiger partial charge in [0.05, 0.1) is 149 Å². The van der Waals surface area contributed by atoms with Crippen LogP contribution in [0.25, 0.3) is 0 Å². The largest absolute Gasteiger partial charge is 0.472 e. The van der Waals surface area contributed by atoms with Crippen LogP contribution in [0.15, 0.2) is 0 Å². The molecule has 50 heteroatoms. The van der Waals surface area contributed by atoms with Crippen molar-refractivity contribution in [2.45, 2.75) is 56.8 Å². The molecule has 0 aromatic rings. The molecule has 0 amide bonds. The second-order valence-corrected chi connectivity index (χ2v) is 27.0. The van der Waals surface area contributed by atoms with Crippen LogP contribution in [0.2, 0.25) is 0 Å². The van der Waals surface area contributed by atoms with E-state index in [1.807, 2.05) is 0 Å². The number of hydrogen-bond acceptors (Lipinski definition) is 36. The molecule has 518 valence electrons. The predicted molar refractivity (Wildman–Crippen MR) is 288 cm³/mol. The molecule has 0 radical (unpaired) electrons. The Labute approximate surface area is 495 Å². The van der Waals surface area contributed by atoms with Crippen molar-refractivity contribution >= 4 is 54.8 Å². The summed E-state index contributed by atoms with van der Waals surface area (Å²) in [5.41, 5.74) is 5.10. The molecule has 0 heterocycles. The third kappa shape index (κ3) is 48.9. The zero-order valence-electron chi connectivity index (χ0n) is 47.0. The first-order valence-corrected chi connectivity index (χ1v) is 35.9. The predicted octanol–water partition coefficient (Wildman–Crippen LogP) is -1.68. The van der Waals surface area contributed by atoms with Gasteiger partial charge in [-0.1, -0.05) is 0 Å². The third-order valence-electron chi connectivity index (χ3n) is 9.59. The van der Waals surface area contributed by atoms with Crippen LogP contribution in [-0.4, -0.2) is 241 Å². The Kier molecular flexibility index (Phi) is 48.9. The van der Waals surface area contributed by atoms with E-state index in [1.165, 1.54) is 0 Å². The van der Waals surface area contributed by atoms with Crippen LogP contribution in [0.5, 0.6) is 0 Å². The van der Waals surface area contributed by atoms with Crippen LogP contribution in [0.1, 0.15) is 38.5 Å². The summed E-state index contributed by atoms with van der Waals surface area (Å²) in [6, 6.07) is 0. The van der Waals surface area contributed by atoms with Crippen molar-refractivity contribution in [3.8, 4) is 0 Å². The molecule has 0 saturated heterocycles. The Morgan fingerprint density at radius 3 is 0.837 bits per heavy atom. The van der Waals surface area contributed by atoms with Gasteiger partial charge in [-0.05, 0) is 38.5 Å². The molecule has 0 aliphatic heterocycles. The molecule has 0 rings (SSSR count). The van der Waals surface area contributed by atoms with Gasteiger partial charge in [0.2, 0.25) is 0 Å². The molecule has 10 unspecified atom stereocenters. The number of hydrogen-bond donors (Lipinski definition) is 16. The molecule has 0 fully saturated rings. The highest BCUT2D eigenvalue weighted by atomic mass is 31.2. The first kappa shape index (κ1) is 86.2. The van der Waals surface area contributed by atoms with Crippen molar-refractivity contribution < 1.29 is 173 Å². The fourth-order valence-corrected chi connectivity index (χ4v) is 11.2. The zero-order chi connectivity index (χ0) is 64.9. The lowest BCUT2D eigenvalue weighted by Crippen LogP contribution is -2.42. The van der Waals surface area contributed by atoms with Crippen LogP contribution in [0.4, 0.5) is 0 Å². The average molecular weight is 1410 g/mol. The molecule has 86 heavy (non-hydrogen) atoms. The number of rotatable bonds is 64. The number of aliphatic hydroxyl groups is 3. The van der Waals surface area contributed by atoms with Gasteiger partial charge >= 0.3 is 54.8 Å². The molecule has 19 N–H and O–H groups in total. The summed E-state index contributed by atoms with van der Waals surface area (Å²) in [5, 5.41) is 28.3. The number of hydrazine groups is 3. The van der Waals surface area contributed by atoms with E-state index >= 15 is 0 Å². The Morgan fingerprint density at radius 1 is 0.337 bits per heavy atom. The second kappa shape index (κ2) is 48.8. The van der Waals surface area contributed by atoms with E-state index in [4.69, 9.17) is 105 Å². The van der Waals surface area contributed by atoms with E-state index in [9.17, 15) is 81.5 Å². The van der Waals surface area contributed by atoms with Crippen molar-refractivity contribution in [3.05, 3.63) is 0 Å². The third-order valence-corrected chi connectivity index (χ3v) is 16.8. The first-order chi connectivity index (χ1) is 40.5. The highest BCUT2D eigenvalue weighted by molar-refractivity contribution is 7.49. The topological polar surface area (TPSA) is 621 Å². The minimum atomic E-state index is -4.80. The summed E-state index contributed by atoms with van der Waals surface area (Å²) in [7, 11) is -32.6. The smallest absolute Gasteiger partial charge is 0.394 e. The van der Waals surface area contributed by atoms with E-state index in [-0.39, 0.29) is 98.4 Å². The van der Waals surface area contributed by atoms with Crippen LogP contribution in [-0.2, 0) is 124 Å². The van der Waals surface area contributed by atoms with Gasteiger partial charge in [-0.25, -0.2) is 48.2 Å². The highest BCUT2D eigenvalue weighted by Crippen LogP contribution is 2.50. The van der Waals surface area contributed by atoms with Gasteiger partial charge in [-0.15, -0.1) is 0 Å². The molecule has 0 aromatic carbocycles. The van der Waals surface area contributed by atoms with Crippen LogP contribution in [0.3, 0.4) is 0 Å². The Bertz CT molecular complexity index is 1880. The molecule has 0 aliphatic rings. The monoisotopic (exact) mass is 1410 g/mol. The van der Waals surface area contributed by atoms with Crippen molar-refractivity contribution in [2.24, 2.45) is 22.9 Å². The van der Waals surface area contributed by atoms with Gasteiger partial charge in [-0.3, -0.25) is 80.9 Å². The fraction of sp³-hybridized carbons (Fsp3) is 1.00. The average Bonchev–Trinajstić information content (AvgIpc) is 3.09. The summed E-state index contributed by atoms with van der Waals surface area (Å²) in [5.74, 6) is 15.2. The molecule has 43 nitrogen and oxygen atoms in total. The lowest BCUT2D eigenvalue weighted by Gasteiger charge is -2.33. The normalized spacial score (nSPS) is 19.0. The number of nitrogens with two attached hydrogens (primary N) is 3. The summed E-state index contributed by atoms with van der Waals surface area (Å²) in [6.45, 7) is -10.9. The van der Waals surface area contributed by atoms with Gasteiger partial charge in [0.25, 0.3) is 0 Å². The van der Waals surface area contributed by atoms with E-state index < -0.39 is 184 Å². The number of phosphoric acid groups is 7. The summed E-state index contributed by atoms with van der Waals surface area (Å²) >= 11 is 0. The Balaban J connectivity index is 5.64. The SMILES string of the molecule is COP(=O)(O)OCC(COCCCOP(=O)(O)OCCOP(=O)(O)OC(CO)CCOCNN)(COCCCOP(=O)(O)OCCOP(=O)(O)OC(CO)CCOCNN)COCCCOP(=O)(O)OCCOP(=O)(O)OC(CO)CCOCNN. The number of ether oxygens (including phenoxy) is 6. The molecule has 0 bridgehead atoms. The molecule has 10 atom stereocenters.